The summed E-state index contributed by atoms with van der Waals surface area (Å²) < 4.78 is 0. The highest BCUT2D eigenvalue weighted by molar-refractivity contribution is 5.71. The molecule has 0 atom stereocenters. The Morgan fingerprint density at radius 3 is 2.30 bits per heavy atom. The molecule has 3 heterocycles. The number of nitrogens with one attached hydrogen (secondary N) is 1. The molecular formula is C21H18N6. The fraction of sp³-hybridized carbons (Fsp3) is 0.0952. The van der Waals surface area contributed by atoms with Crippen molar-refractivity contribution in [3.05, 3.63) is 78.6 Å². The number of hydrogen-bond donors (Lipinski definition) is 1. The SMILES string of the molecule is Cc1ccc(-c2cncc(-c3cc(Nc4ncccn4)nc(C)n3)c2)cc1. The lowest BCUT2D eigenvalue weighted by Gasteiger charge is -2.09. The van der Waals surface area contributed by atoms with Crippen molar-refractivity contribution in [3.63, 3.8) is 0 Å². The Morgan fingerprint density at radius 2 is 1.52 bits per heavy atom. The van der Waals surface area contributed by atoms with Crippen LogP contribution in [0.1, 0.15) is 11.4 Å². The fourth-order valence-corrected chi connectivity index (χ4v) is 2.74. The maximum atomic E-state index is 4.56. The molecule has 0 spiro atoms. The van der Waals surface area contributed by atoms with E-state index in [0.717, 1.165) is 22.4 Å². The van der Waals surface area contributed by atoms with Crippen molar-refractivity contribution in [1.29, 1.82) is 0 Å². The number of hydrogen-bond acceptors (Lipinski definition) is 6. The summed E-state index contributed by atoms with van der Waals surface area (Å²) in [5, 5.41) is 3.11. The molecule has 0 saturated heterocycles. The first-order valence-electron chi connectivity index (χ1n) is 8.59. The van der Waals surface area contributed by atoms with Gasteiger partial charge < -0.3 is 5.32 Å². The first-order chi connectivity index (χ1) is 13.2. The quantitative estimate of drug-likeness (QED) is 0.587. The fourth-order valence-electron chi connectivity index (χ4n) is 2.74. The van der Waals surface area contributed by atoms with E-state index in [1.165, 1.54) is 5.56 Å². The molecule has 4 rings (SSSR count). The van der Waals surface area contributed by atoms with E-state index in [0.29, 0.717) is 17.6 Å². The lowest BCUT2D eigenvalue weighted by molar-refractivity contribution is 1.05. The van der Waals surface area contributed by atoms with Crippen LogP contribution in [-0.2, 0) is 0 Å². The van der Waals surface area contributed by atoms with Crippen molar-refractivity contribution in [1.82, 2.24) is 24.9 Å². The molecule has 0 unspecified atom stereocenters. The Balaban J connectivity index is 1.69. The molecule has 6 nitrogen and oxygen atoms in total. The zero-order valence-electron chi connectivity index (χ0n) is 15.1. The Kier molecular flexibility index (Phi) is 4.53. The lowest BCUT2D eigenvalue weighted by Crippen LogP contribution is -2.01. The first kappa shape index (κ1) is 16.8. The third-order valence-electron chi connectivity index (χ3n) is 4.06. The van der Waals surface area contributed by atoms with Crippen LogP contribution in [0.2, 0.25) is 0 Å². The summed E-state index contributed by atoms with van der Waals surface area (Å²) >= 11 is 0. The van der Waals surface area contributed by atoms with E-state index < -0.39 is 0 Å². The van der Waals surface area contributed by atoms with Gasteiger partial charge >= 0.3 is 0 Å². The minimum absolute atomic E-state index is 0.494. The minimum atomic E-state index is 0.494. The molecule has 132 valence electrons. The van der Waals surface area contributed by atoms with Crippen molar-refractivity contribution in [3.8, 4) is 22.4 Å². The molecule has 0 amide bonds. The van der Waals surface area contributed by atoms with E-state index >= 15 is 0 Å². The van der Waals surface area contributed by atoms with E-state index in [1.807, 2.05) is 25.4 Å². The van der Waals surface area contributed by atoms with Crippen LogP contribution < -0.4 is 5.32 Å². The maximum Gasteiger partial charge on any atom is 0.228 e. The minimum Gasteiger partial charge on any atom is -0.309 e. The zero-order valence-corrected chi connectivity index (χ0v) is 15.1. The second-order valence-electron chi connectivity index (χ2n) is 6.21. The van der Waals surface area contributed by atoms with Crippen LogP contribution in [0, 0.1) is 13.8 Å². The lowest BCUT2D eigenvalue weighted by atomic mass is 10.0. The van der Waals surface area contributed by atoms with Gasteiger partial charge in [0, 0.05) is 42.0 Å². The van der Waals surface area contributed by atoms with Gasteiger partial charge in [0.1, 0.15) is 11.6 Å². The summed E-state index contributed by atoms with van der Waals surface area (Å²) in [6.07, 6.45) is 7.03. The second kappa shape index (κ2) is 7.29. The molecule has 0 aliphatic carbocycles. The number of aryl methyl sites for hydroxylation is 2. The van der Waals surface area contributed by atoms with Gasteiger partial charge in [0.2, 0.25) is 5.95 Å². The largest absolute Gasteiger partial charge is 0.309 e. The third kappa shape index (κ3) is 3.95. The predicted octanol–water partition coefficient (Wildman–Crippen LogP) is 4.36. The van der Waals surface area contributed by atoms with Gasteiger partial charge in [-0.05, 0) is 31.5 Å². The molecule has 0 saturated carbocycles. The summed E-state index contributed by atoms with van der Waals surface area (Å²) in [5.41, 5.74) is 5.12. The standard InChI is InChI=1S/C21H18N6/c1-14-4-6-16(7-5-14)17-10-18(13-22-12-17)19-11-20(26-15(2)25-19)27-21-23-8-3-9-24-21/h3-13H,1-2H3,(H,23,24,25,26,27). The zero-order chi connectivity index (χ0) is 18.6. The molecule has 27 heavy (non-hydrogen) atoms. The van der Waals surface area contributed by atoms with Crippen LogP contribution in [0.25, 0.3) is 22.4 Å². The Morgan fingerprint density at radius 1 is 0.778 bits per heavy atom. The summed E-state index contributed by atoms with van der Waals surface area (Å²) in [6, 6.07) is 14.1. The van der Waals surface area contributed by atoms with Crippen LogP contribution in [0.4, 0.5) is 11.8 Å². The highest BCUT2D eigenvalue weighted by atomic mass is 15.1. The number of aromatic nitrogens is 5. The molecule has 0 aliphatic heterocycles. The van der Waals surface area contributed by atoms with E-state index in [4.69, 9.17) is 0 Å². The van der Waals surface area contributed by atoms with Gasteiger partial charge in [0.25, 0.3) is 0 Å². The average molecular weight is 354 g/mol. The molecular weight excluding hydrogens is 336 g/mol. The van der Waals surface area contributed by atoms with Crippen LogP contribution >= 0.6 is 0 Å². The van der Waals surface area contributed by atoms with Crippen LogP contribution in [0.5, 0.6) is 0 Å². The van der Waals surface area contributed by atoms with Gasteiger partial charge in [-0.1, -0.05) is 29.8 Å². The van der Waals surface area contributed by atoms with Crippen molar-refractivity contribution in [2.75, 3.05) is 5.32 Å². The molecule has 3 aromatic heterocycles. The Labute approximate surface area is 157 Å². The summed E-state index contributed by atoms with van der Waals surface area (Å²) in [4.78, 5) is 21.7. The van der Waals surface area contributed by atoms with Gasteiger partial charge in [0.05, 0.1) is 5.69 Å². The monoisotopic (exact) mass is 354 g/mol. The first-order valence-corrected chi connectivity index (χ1v) is 8.59. The smallest absolute Gasteiger partial charge is 0.228 e. The van der Waals surface area contributed by atoms with Crippen LogP contribution in [-0.4, -0.2) is 24.9 Å². The number of pyridine rings is 1. The molecule has 1 N–H and O–H groups in total. The topological polar surface area (TPSA) is 76.5 Å². The number of rotatable bonds is 4. The molecule has 1 aromatic carbocycles. The third-order valence-corrected chi connectivity index (χ3v) is 4.06. The molecule has 0 bridgehead atoms. The number of nitrogens with zero attached hydrogens (tertiary/aromatic N) is 5. The van der Waals surface area contributed by atoms with Crippen molar-refractivity contribution >= 4 is 11.8 Å². The number of anilines is 2. The molecule has 4 aromatic rings. The Bertz CT molecular complexity index is 1060. The molecule has 0 fully saturated rings. The summed E-state index contributed by atoms with van der Waals surface area (Å²) in [6.45, 7) is 3.94. The van der Waals surface area contributed by atoms with E-state index in [9.17, 15) is 0 Å². The second-order valence-corrected chi connectivity index (χ2v) is 6.21. The number of benzene rings is 1. The molecule has 6 heteroatoms. The van der Waals surface area contributed by atoms with E-state index in [-0.39, 0.29) is 0 Å². The summed E-state index contributed by atoms with van der Waals surface area (Å²) in [7, 11) is 0. The highest BCUT2D eigenvalue weighted by Crippen LogP contribution is 2.26. The van der Waals surface area contributed by atoms with Gasteiger partial charge in [-0.25, -0.2) is 19.9 Å². The summed E-state index contributed by atoms with van der Waals surface area (Å²) in [5.74, 6) is 1.80. The van der Waals surface area contributed by atoms with Gasteiger partial charge in [-0.3, -0.25) is 4.98 Å². The van der Waals surface area contributed by atoms with Crippen molar-refractivity contribution < 1.29 is 0 Å². The normalized spacial score (nSPS) is 10.6. The van der Waals surface area contributed by atoms with E-state index in [2.05, 4.69) is 67.5 Å². The van der Waals surface area contributed by atoms with Crippen LogP contribution in [0.3, 0.4) is 0 Å². The van der Waals surface area contributed by atoms with Crippen molar-refractivity contribution in [2.45, 2.75) is 13.8 Å². The predicted molar refractivity (Wildman–Crippen MR) is 105 cm³/mol. The van der Waals surface area contributed by atoms with Crippen LogP contribution in [0.15, 0.2) is 67.3 Å². The molecule has 0 radical (unpaired) electrons. The Hall–Kier alpha value is -3.67. The van der Waals surface area contributed by atoms with Gasteiger partial charge in [-0.15, -0.1) is 0 Å². The van der Waals surface area contributed by atoms with Crippen molar-refractivity contribution in [2.24, 2.45) is 0 Å². The maximum absolute atomic E-state index is 4.56. The highest BCUT2D eigenvalue weighted by Gasteiger charge is 2.08. The van der Waals surface area contributed by atoms with Gasteiger partial charge in [0.15, 0.2) is 0 Å². The van der Waals surface area contributed by atoms with Gasteiger partial charge in [-0.2, -0.15) is 0 Å². The average Bonchev–Trinajstić information content (AvgIpc) is 2.69. The molecule has 0 aliphatic rings. The van der Waals surface area contributed by atoms with E-state index in [1.54, 1.807) is 18.5 Å².